The van der Waals surface area contributed by atoms with E-state index in [9.17, 15) is 4.79 Å². The van der Waals surface area contributed by atoms with E-state index in [1.54, 1.807) is 0 Å². The molecule has 0 N–H and O–H groups in total. The number of halogens is 1. The normalized spacial score (nSPS) is 22.3. The minimum Gasteiger partial charge on any atom is -0.341 e. The van der Waals surface area contributed by atoms with Crippen LogP contribution >= 0.6 is 11.6 Å². The highest BCUT2D eigenvalue weighted by Crippen LogP contribution is 2.25. The summed E-state index contributed by atoms with van der Waals surface area (Å²) in [6.45, 7) is 3.94. The van der Waals surface area contributed by atoms with Crippen molar-refractivity contribution in [2.75, 3.05) is 13.1 Å². The van der Waals surface area contributed by atoms with Crippen LogP contribution in [-0.2, 0) is 4.79 Å². The first-order valence-corrected chi connectivity index (χ1v) is 7.10. The van der Waals surface area contributed by atoms with Crippen LogP contribution in [0.5, 0.6) is 0 Å². The van der Waals surface area contributed by atoms with Gasteiger partial charge in [-0.3, -0.25) is 4.79 Å². The fourth-order valence-electron chi connectivity index (χ4n) is 2.41. The number of likely N-dealkylation sites (tertiary alicyclic amines) is 1. The van der Waals surface area contributed by atoms with Crippen molar-refractivity contribution in [2.24, 2.45) is 5.92 Å². The summed E-state index contributed by atoms with van der Waals surface area (Å²) in [7, 11) is 0. The summed E-state index contributed by atoms with van der Waals surface area (Å²) in [5.74, 6) is 0.769. The second kappa shape index (κ2) is 6.24. The molecule has 1 fully saturated rings. The molecular formula is C15H20ClNO. The standard InChI is InChI=1S/C15H20ClNO/c1-12-6-5-10-17(11-9-12)15(18)14(16)13-7-3-2-4-8-13/h2-4,7-8,12,14H,5-6,9-11H2,1H3. The quantitative estimate of drug-likeness (QED) is 0.748. The molecule has 1 heterocycles. The Balaban J connectivity index is 2.02. The lowest BCUT2D eigenvalue weighted by Crippen LogP contribution is -2.34. The lowest BCUT2D eigenvalue weighted by Gasteiger charge is -2.23. The molecule has 1 aromatic rings. The van der Waals surface area contributed by atoms with E-state index < -0.39 is 5.38 Å². The minimum atomic E-state index is -0.542. The van der Waals surface area contributed by atoms with Crippen LogP contribution in [0.4, 0.5) is 0 Å². The molecular weight excluding hydrogens is 246 g/mol. The van der Waals surface area contributed by atoms with Gasteiger partial charge in [-0.15, -0.1) is 11.6 Å². The molecule has 2 unspecified atom stereocenters. The molecule has 0 bridgehead atoms. The van der Waals surface area contributed by atoms with Gasteiger partial charge in [0.05, 0.1) is 0 Å². The number of alkyl halides is 1. The van der Waals surface area contributed by atoms with Gasteiger partial charge in [-0.1, -0.05) is 37.3 Å². The molecule has 0 radical (unpaired) electrons. The number of nitrogens with zero attached hydrogens (tertiary/aromatic N) is 1. The highest BCUT2D eigenvalue weighted by Gasteiger charge is 2.25. The van der Waals surface area contributed by atoms with Gasteiger partial charge in [-0.2, -0.15) is 0 Å². The van der Waals surface area contributed by atoms with Gasteiger partial charge in [0, 0.05) is 13.1 Å². The first-order valence-electron chi connectivity index (χ1n) is 6.66. The Morgan fingerprint density at radius 2 is 2.00 bits per heavy atom. The number of benzene rings is 1. The maximum atomic E-state index is 12.4. The average Bonchev–Trinajstić information content (AvgIpc) is 2.63. The lowest BCUT2D eigenvalue weighted by atomic mass is 10.0. The maximum Gasteiger partial charge on any atom is 0.245 e. The zero-order valence-electron chi connectivity index (χ0n) is 10.8. The monoisotopic (exact) mass is 265 g/mol. The van der Waals surface area contributed by atoms with E-state index in [1.165, 1.54) is 6.42 Å². The fraction of sp³-hybridized carbons (Fsp3) is 0.533. The van der Waals surface area contributed by atoms with Crippen molar-refractivity contribution in [3.05, 3.63) is 35.9 Å². The van der Waals surface area contributed by atoms with Crippen LogP contribution in [-0.4, -0.2) is 23.9 Å². The summed E-state index contributed by atoms with van der Waals surface area (Å²) in [5.41, 5.74) is 0.890. The number of carbonyl (C=O) groups excluding carboxylic acids is 1. The van der Waals surface area contributed by atoms with Crippen LogP contribution in [0.1, 0.15) is 37.1 Å². The Kier molecular flexibility index (Phi) is 4.65. The predicted molar refractivity (Wildman–Crippen MR) is 74.6 cm³/mol. The Hall–Kier alpha value is -1.02. The Morgan fingerprint density at radius 3 is 2.72 bits per heavy atom. The molecule has 0 aromatic heterocycles. The topological polar surface area (TPSA) is 20.3 Å². The molecule has 1 aromatic carbocycles. The van der Waals surface area contributed by atoms with Crippen LogP contribution in [0.25, 0.3) is 0 Å². The van der Waals surface area contributed by atoms with E-state index in [-0.39, 0.29) is 5.91 Å². The van der Waals surface area contributed by atoms with E-state index >= 15 is 0 Å². The highest BCUT2D eigenvalue weighted by molar-refractivity contribution is 6.30. The van der Waals surface area contributed by atoms with Crippen molar-refractivity contribution < 1.29 is 4.79 Å². The van der Waals surface area contributed by atoms with Gasteiger partial charge in [0.1, 0.15) is 5.38 Å². The largest absolute Gasteiger partial charge is 0.341 e. The van der Waals surface area contributed by atoms with Gasteiger partial charge in [0.25, 0.3) is 0 Å². The summed E-state index contributed by atoms with van der Waals surface area (Å²) in [4.78, 5) is 14.3. The summed E-state index contributed by atoms with van der Waals surface area (Å²) in [5, 5.41) is -0.542. The van der Waals surface area contributed by atoms with E-state index in [2.05, 4.69) is 6.92 Å². The predicted octanol–water partition coefficient (Wildman–Crippen LogP) is 3.62. The van der Waals surface area contributed by atoms with Gasteiger partial charge in [-0.05, 0) is 30.7 Å². The summed E-state index contributed by atoms with van der Waals surface area (Å²) in [6.07, 6.45) is 3.39. The summed E-state index contributed by atoms with van der Waals surface area (Å²) >= 11 is 6.29. The fourth-order valence-corrected chi connectivity index (χ4v) is 2.69. The van der Waals surface area contributed by atoms with Crippen molar-refractivity contribution in [1.82, 2.24) is 4.90 Å². The minimum absolute atomic E-state index is 0.0527. The van der Waals surface area contributed by atoms with Gasteiger partial charge in [0.15, 0.2) is 0 Å². The third-order valence-corrected chi connectivity index (χ3v) is 4.08. The van der Waals surface area contributed by atoms with Crippen molar-refractivity contribution in [2.45, 2.75) is 31.6 Å². The second-order valence-corrected chi connectivity index (χ2v) is 5.57. The molecule has 3 heteroatoms. The summed E-state index contributed by atoms with van der Waals surface area (Å²) < 4.78 is 0. The van der Waals surface area contributed by atoms with Gasteiger partial charge in [0.2, 0.25) is 5.91 Å². The average molecular weight is 266 g/mol. The molecule has 2 nitrogen and oxygen atoms in total. The van der Waals surface area contributed by atoms with Crippen molar-refractivity contribution in [1.29, 1.82) is 0 Å². The van der Waals surface area contributed by atoms with Gasteiger partial charge in [-0.25, -0.2) is 0 Å². The second-order valence-electron chi connectivity index (χ2n) is 5.13. The first-order chi connectivity index (χ1) is 8.68. The third-order valence-electron chi connectivity index (χ3n) is 3.64. The van der Waals surface area contributed by atoms with Crippen LogP contribution in [0.3, 0.4) is 0 Å². The smallest absolute Gasteiger partial charge is 0.245 e. The molecule has 98 valence electrons. The highest BCUT2D eigenvalue weighted by atomic mass is 35.5. The van der Waals surface area contributed by atoms with E-state index in [0.717, 1.165) is 31.5 Å². The number of hydrogen-bond donors (Lipinski definition) is 0. The number of amides is 1. The zero-order valence-corrected chi connectivity index (χ0v) is 11.6. The Bertz CT molecular complexity index is 393. The van der Waals surface area contributed by atoms with Crippen LogP contribution < -0.4 is 0 Å². The molecule has 0 saturated carbocycles. The maximum absolute atomic E-state index is 12.4. The van der Waals surface area contributed by atoms with Crippen LogP contribution in [0, 0.1) is 5.92 Å². The Labute approximate surface area is 114 Å². The van der Waals surface area contributed by atoms with Crippen molar-refractivity contribution >= 4 is 17.5 Å². The number of carbonyl (C=O) groups is 1. The third kappa shape index (κ3) is 3.26. The number of rotatable bonds is 2. The number of hydrogen-bond acceptors (Lipinski definition) is 1. The van der Waals surface area contributed by atoms with E-state index in [0.29, 0.717) is 5.92 Å². The first kappa shape index (κ1) is 13.4. The molecule has 0 aliphatic carbocycles. The zero-order chi connectivity index (χ0) is 13.0. The molecule has 2 atom stereocenters. The molecule has 1 amide bonds. The van der Waals surface area contributed by atoms with Gasteiger partial charge < -0.3 is 4.90 Å². The molecule has 1 aliphatic rings. The van der Waals surface area contributed by atoms with Crippen molar-refractivity contribution in [3.8, 4) is 0 Å². The SMILES string of the molecule is CC1CCCN(C(=O)C(Cl)c2ccccc2)CC1. The summed E-state index contributed by atoms with van der Waals surface area (Å²) in [6, 6.07) is 9.60. The van der Waals surface area contributed by atoms with E-state index in [4.69, 9.17) is 11.6 Å². The Morgan fingerprint density at radius 1 is 1.28 bits per heavy atom. The molecule has 0 spiro atoms. The lowest BCUT2D eigenvalue weighted by molar-refractivity contribution is -0.130. The van der Waals surface area contributed by atoms with Crippen molar-refractivity contribution in [3.63, 3.8) is 0 Å². The van der Waals surface area contributed by atoms with E-state index in [1.807, 2.05) is 35.2 Å². The molecule has 1 saturated heterocycles. The van der Waals surface area contributed by atoms with Crippen LogP contribution in [0.2, 0.25) is 0 Å². The molecule has 2 rings (SSSR count). The molecule has 18 heavy (non-hydrogen) atoms. The van der Waals surface area contributed by atoms with Crippen LogP contribution in [0.15, 0.2) is 30.3 Å². The van der Waals surface area contributed by atoms with Gasteiger partial charge >= 0.3 is 0 Å². The molecule has 1 aliphatic heterocycles.